The number of likely N-dealkylation sites (N-methyl/N-ethyl adjacent to an activating group) is 1. The van der Waals surface area contributed by atoms with Crippen LogP contribution in [0.15, 0.2) is 12.2 Å². The summed E-state index contributed by atoms with van der Waals surface area (Å²) in [6.45, 7) is 7.01. The Morgan fingerprint density at radius 3 is 2.35 bits per heavy atom. The fraction of sp³-hybridized carbons (Fsp3) is 0.692. The highest BCUT2D eigenvalue weighted by Gasteiger charge is 2.51. The number of amides is 2. The fourth-order valence-electron chi connectivity index (χ4n) is 3.03. The van der Waals surface area contributed by atoms with Gasteiger partial charge in [-0.05, 0) is 31.4 Å². The molecule has 2 amide bonds. The number of nitrogens with zero attached hydrogens (tertiary/aromatic N) is 1. The van der Waals surface area contributed by atoms with E-state index >= 15 is 0 Å². The van der Waals surface area contributed by atoms with Crippen molar-refractivity contribution >= 4 is 11.8 Å². The normalized spacial score (nSPS) is 32.1. The summed E-state index contributed by atoms with van der Waals surface area (Å²) >= 11 is 0. The highest BCUT2D eigenvalue weighted by atomic mass is 16.2. The Labute approximate surface area is 102 Å². The standard InChI is InChI=1S/C13H20N2O2/c1-8-4-10-11(5-8)13(17)15(12(10)16)7-9(2)6-14-3/h8,10-11,14H,2,4-7H2,1,3H3. The molecule has 4 nitrogen and oxygen atoms in total. The second kappa shape index (κ2) is 4.61. The quantitative estimate of drug-likeness (QED) is 0.580. The first-order valence-corrected chi connectivity index (χ1v) is 6.21. The van der Waals surface area contributed by atoms with E-state index in [0.29, 0.717) is 19.0 Å². The maximum Gasteiger partial charge on any atom is 0.233 e. The number of likely N-dealkylation sites (tertiary alicyclic amines) is 1. The van der Waals surface area contributed by atoms with Gasteiger partial charge in [0.1, 0.15) is 0 Å². The molecule has 4 heteroatoms. The molecule has 0 aromatic rings. The second-order valence-electron chi connectivity index (χ2n) is 5.33. The summed E-state index contributed by atoms with van der Waals surface area (Å²) in [6.07, 6.45) is 1.73. The highest BCUT2D eigenvalue weighted by molar-refractivity contribution is 6.05. The van der Waals surface area contributed by atoms with Crippen LogP contribution in [0.2, 0.25) is 0 Å². The zero-order valence-electron chi connectivity index (χ0n) is 10.5. The summed E-state index contributed by atoms with van der Waals surface area (Å²) in [5.41, 5.74) is 0.877. The fourth-order valence-corrected chi connectivity index (χ4v) is 3.03. The lowest BCUT2D eigenvalue weighted by molar-refractivity contribution is -0.140. The van der Waals surface area contributed by atoms with E-state index in [1.165, 1.54) is 4.90 Å². The average Bonchev–Trinajstić information content (AvgIpc) is 2.74. The number of carbonyl (C=O) groups excluding carboxylic acids is 2. The van der Waals surface area contributed by atoms with Crippen LogP contribution in [-0.2, 0) is 9.59 Å². The highest BCUT2D eigenvalue weighted by Crippen LogP contribution is 2.42. The van der Waals surface area contributed by atoms with E-state index in [1.54, 1.807) is 0 Å². The van der Waals surface area contributed by atoms with Crippen molar-refractivity contribution in [3.05, 3.63) is 12.2 Å². The Morgan fingerprint density at radius 2 is 1.88 bits per heavy atom. The predicted octanol–water partition coefficient (Wildman–Crippen LogP) is 0.793. The van der Waals surface area contributed by atoms with Gasteiger partial charge in [0.15, 0.2) is 0 Å². The lowest BCUT2D eigenvalue weighted by atomic mass is 10.00. The number of imide groups is 1. The molecular formula is C13H20N2O2. The van der Waals surface area contributed by atoms with Gasteiger partial charge in [-0.1, -0.05) is 13.5 Å². The van der Waals surface area contributed by atoms with Crippen molar-refractivity contribution in [3.8, 4) is 0 Å². The number of rotatable bonds is 4. The smallest absolute Gasteiger partial charge is 0.233 e. The van der Waals surface area contributed by atoms with Crippen LogP contribution < -0.4 is 5.32 Å². The summed E-state index contributed by atoms with van der Waals surface area (Å²) < 4.78 is 0. The van der Waals surface area contributed by atoms with Crippen molar-refractivity contribution < 1.29 is 9.59 Å². The Morgan fingerprint density at radius 1 is 1.35 bits per heavy atom. The van der Waals surface area contributed by atoms with Crippen LogP contribution in [0.25, 0.3) is 0 Å². The van der Waals surface area contributed by atoms with Gasteiger partial charge in [0.25, 0.3) is 0 Å². The maximum absolute atomic E-state index is 12.1. The van der Waals surface area contributed by atoms with Gasteiger partial charge in [-0.25, -0.2) is 0 Å². The van der Waals surface area contributed by atoms with Crippen LogP contribution >= 0.6 is 0 Å². The average molecular weight is 236 g/mol. The monoisotopic (exact) mass is 236 g/mol. The molecule has 0 aromatic carbocycles. The number of hydrogen-bond donors (Lipinski definition) is 1. The number of carbonyl (C=O) groups is 2. The first-order valence-electron chi connectivity index (χ1n) is 6.21. The zero-order chi connectivity index (χ0) is 12.6. The first kappa shape index (κ1) is 12.3. The Balaban J connectivity index is 2.04. The van der Waals surface area contributed by atoms with Gasteiger partial charge in [0.05, 0.1) is 18.4 Å². The van der Waals surface area contributed by atoms with Gasteiger partial charge < -0.3 is 5.32 Å². The van der Waals surface area contributed by atoms with E-state index in [4.69, 9.17) is 0 Å². The number of nitrogens with one attached hydrogen (secondary N) is 1. The van der Waals surface area contributed by atoms with Crippen LogP contribution in [0.3, 0.4) is 0 Å². The van der Waals surface area contributed by atoms with Gasteiger partial charge in [0, 0.05) is 6.54 Å². The number of fused-ring (bicyclic) bond motifs is 1. The molecule has 17 heavy (non-hydrogen) atoms. The minimum atomic E-state index is -0.0557. The minimum Gasteiger partial charge on any atom is -0.316 e. The van der Waals surface area contributed by atoms with Crippen molar-refractivity contribution in [2.75, 3.05) is 20.1 Å². The summed E-state index contributed by atoms with van der Waals surface area (Å²) in [5, 5.41) is 2.98. The van der Waals surface area contributed by atoms with E-state index in [0.717, 1.165) is 18.4 Å². The minimum absolute atomic E-state index is 0.0154. The van der Waals surface area contributed by atoms with Gasteiger partial charge >= 0.3 is 0 Å². The van der Waals surface area contributed by atoms with E-state index < -0.39 is 0 Å². The summed E-state index contributed by atoms with van der Waals surface area (Å²) in [7, 11) is 1.83. The van der Waals surface area contributed by atoms with E-state index in [-0.39, 0.29) is 23.7 Å². The SMILES string of the molecule is C=C(CNC)CN1C(=O)C2CC(C)CC2C1=O. The molecule has 0 bridgehead atoms. The molecule has 2 fully saturated rings. The lowest BCUT2D eigenvalue weighted by Gasteiger charge is -2.18. The summed E-state index contributed by atoms with van der Waals surface area (Å²) in [6, 6.07) is 0. The van der Waals surface area contributed by atoms with E-state index in [2.05, 4.69) is 18.8 Å². The largest absolute Gasteiger partial charge is 0.316 e. The van der Waals surface area contributed by atoms with Gasteiger partial charge in [-0.3, -0.25) is 14.5 Å². The molecule has 2 unspecified atom stereocenters. The van der Waals surface area contributed by atoms with E-state index in [1.807, 2.05) is 7.05 Å². The molecule has 1 N–H and O–H groups in total. The third kappa shape index (κ3) is 2.14. The van der Waals surface area contributed by atoms with Crippen molar-refractivity contribution in [3.63, 3.8) is 0 Å². The topological polar surface area (TPSA) is 49.4 Å². The van der Waals surface area contributed by atoms with Gasteiger partial charge in [0.2, 0.25) is 11.8 Å². The van der Waals surface area contributed by atoms with Crippen LogP contribution in [-0.4, -0.2) is 36.9 Å². The molecule has 0 radical (unpaired) electrons. The first-order chi connectivity index (χ1) is 8.04. The molecule has 2 atom stereocenters. The Bertz CT molecular complexity index is 340. The maximum atomic E-state index is 12.1. The Kier molecular flexibility index (Phi) is 3.33. The zero-order valence-corrected chi connectivity index (χ0v) is 10.5. The van der Waals surface area contributed by atoms with Crippen molar-refractivity contribution in [1.29, 1.82) is 0 Å². The van der Waals surface area contributed by atoms with E-state index in [9.17, 15) is 9.59 Å². The van der Waals surface area contributed by atoms with Gasteiger partial charge in [-0.15, -0.1) is 0 Å². The molecule has 1 saturated carbocycles. The molecule has 0 spiro atoms. The van der Waals surface area contributed by atoms with Crippen molar-refractivity contribution in [1.82, 2.24) is 10.2 Å². The molecular weight excluding hydrogens is 216 g/mol. The predicted molar refractivity (Wildman–Crippen MR) is 65.2 cm³/mol. The van der Waals surface area contributed by atoms with Crippen LogP contribution in [0, 0.1) is 17.8 Å². The summed E-state index contributed by atoms with van der Waals surface area (Å²) in [4.78, 5) is 25.7. The molecule has 94 valence electrons. The van der Waals surface area contributed by atoms with Crippen molar-refractivity contribution in [2.24, 2.45) is 17.8 Å². The van der Waals surface area contributed by atoms with Crippen LogP contribution in [0.1, 0.15) is 19.8 Å². The number of hydrogen-bond acceptors (Lipinski definition) is 3. The molecule has 1 aliphatic heterocycles. The summed E-state index contributed by atoms with van der Waals surface area (Å²) in [5.74, 6) is 0.420. The third-order valence-electron chi connectivity index (χ3n) is 3.77. The van der Waals surface area contributed by atoms with Crippen LogP contribution in [0.4, 0.5) is 0 Å². The molecule has 1 saturated heterocycles. The Hall–Kier alpha value is -1.16. The molecule has 1 aliphatic carbocycles. The second-order valence-corrected chi connectivity index (χ2v) is 5.33. The lowest BCUT2D eigenvalue weighted by Crippen LogP contribution is -2.35. The van der Waals surface area contributed by atoms with Crippen molar-refractivity contribution in [2.45, 2.75) is 19.8 Å². The molecule has 0 aromatic heterocycles. The molecule has 2 aliphatic rings. The molecule has 2 rings (SSSR count). The third-order valence-corrected chi connectivity index (χ3v) is 3.77. The molecule has 1 heterocycles. The van der Waals surface area contributed by atoms with Crippen LogP contribution in [0.5, 0.6) is 0 Å². The van der Waals surface area contributed by atoms with Gasteiger partial charge in [-0.2, -0.15) is 0 Å².